The molecular formula is C17H12N2O. The highest BCUT2D eigenvalue weighted by atomic mass is 16.3. The second-order valence-corrected chi connectivity index (χ2v) is 4.61. The second kappa shape index (κ2) is 4.38. The first-order valence-corrected chi connectivity index (χ1v) is 6.49. The van der Waals surface area contributed by atoms with E-state index in [0.717, 1.165) is 16.8 Å². The molecule has 0 unspecified atom stereocenters. The van der Waals surface area contributed by atoms with Crippen LogP contribution in [0.15, 0.2) is 76.4 Å². The lowest BCUT2D eigenvalue weighted by molar-refractivity contribution is 0.559. The van der Waals surface area contributed by atoms with E-state index in [1.54, 1.807) is 12.5 Å². The molecule has 0 N–H and O–H groups in total. The molecule has 0 aliphatic carbocycles. The van der Waals surface area contributed by atoms with Crippen LogP contribution in [0.25, 0.3) is 21.8 Å². The first-order chi connectivity index (χ1) is 9.93. The number of nitrogens with zero attached hydrogens (tertiary/aromatic N) is 2. The highest BCUT2D eigenvalue weighted by molar-refractivity contribution is 6.08. The quantitative estimate of drug-likeness (QED) is 0.495. The van der Waals surface area contributed by atoms with Crippen molar-refractivity contribution in [2.75, 3.05) is 0 Å². The predicted octanol–water partition coefficient (Wildman–Crippen LogP) is 4.27. The molecule has 96 valence electrons. The molecule has 3 heteroatoms. The van der Waals surface area contributed by atoms with E-state index in [1.165, 1.54) is 10.8 Å². The first kappa shape index (κ1) is 11.1. The lowest BCUT2D eigenvalue weighted by Gasteiger charge is -1.98. The summed E-state index contributed by atoms with van der Waals surface area (Å²) in [4.78, 5) is 0. The van der Waals surface area contributed by atoms with Crippen LogP contribution in [0.3, 0.4) is 0 Å². The Labute approximate surface area is 115 Å². The van der Waals surface area contributed by atoms with Gasteiger partial charge in [0.1, 0.15) is 5.76 Å². The van der Waals surface area contributed by atoms with Gasteiger partial charge >= 0.3 is 0 Å². The van der Waals surface area contributed by atoms with Gasteiger partial charge in [-0.3, -0.25) is 0 Å². The van der Waals surface area contributed by atoms with Gasteiger partial charge in [0.05, 0.1) is 23.5 Å². The van der Waals surface area contributed by atoms with E-state index >= 15 is 0 Å². The van der Waals surface area contributed by atoms with Crippen LogP contribution in [0.1, 0.15) is 5.76 Å². The second-order valence-electron chi connectivity index (χ2n) is 4.61. The van der Waals surface area contributed by atoms with Crippen molar-refractivity contribution in [3.8, 4) is 0 Å². The average molecular weight is 260 g/mol. The summed E-state index contributed by atoms with van der Waals surface area (Å²) in [6, 6.07) is 20.3. The molecule has 0 aliphatic rings. The van der Waals surface area contributed by atoms with Crippen LogP contribution in [0.2, 0.25) is 0 Å². The van der Waals surface area contributed by atoms with Gasteiger partial charge in [-0.1, -0.05) is 36.4 Å². The van der Waals surface area contributed by atoms with Gasteiger partial charge in [-0.05, 0) is 24.3 Å². The fourth-order valence-corrected chi connectivity index (χ4v) is 2.51. The number of hydrogen-bond acceptors (Lipinski definition) is 2. The van der Waals surface area contributed by atoms with Crippen molar-refractivity contribution in [1.29, 1.82) is 0 Å². The van der Waals surface area contributed by atoms with E-state index in [4.69, 9.17) is 4.42 Å². The molecule has 20 heavy (non-hydrogen) atoms. The van der Waals surface area contributed by atoms with Gasteiger partial charge in [0.2, 0.25) is 0 Å². The molecule has 3 nitrogen and oxygen atoms in total. The maximum Gasteiger partial charge on any atom is 0.146 e. The predicted molar refractivity (Wildman–Crippen MR) is 81.1 cm³/mol. The monoisotopic (exact) mass is 260 g/mol. The van der Waals surface area contributed by atoms with Gasteiger partial charge in [0, 0.05) is 10.8 Å². The number of benzene rings is 2. The maximum atomic E-state index is 5.29. The lowest BCUT2D eigenvalue weighted by atomic mass is 10.2. The average Bonchev–Trinajstić information content (AvgIpc) is 3.11. The fourth-order valence-electron chi connectivity index (χ4n) is 2.51. The summed E-state index contributed by atoms with van der Waals surface area (Å²) < 4.78 is 7.24. The van der Waals surface area contributed by atoms with E-state index in [2.05, 4.69) is 41.5 Å². The van der Waals surface area contributed by atoms with Crippen molar-refractivity contribution in [2.45, 2.75) is 0 Å². The van der Waals surface area contributed by atoms with E-state index in [0.29, 0.717) is 0 Å². The molecule has 2 aromatic heterocycles. The maximum absolute atomic E-state index is 5.29. The van der Waals surface area contributed by atoms with Gasteiger partial charge < -0.3 is 4.42 Å². The van der Waals surface area contributed by atoms with Crippen LogP contribution < -0.4 is 0 Å². The zero-order valence-corrected chi connectivity index (χ0v) is 10.7. The molecule has 4 rings (SSSR count). The Hall–Kier alpha value is -2.81. The molecule has 2 aromatic carbocycles. The normalized spacial score (nSPS) is 11.8. The zero-order chi connectivity index (χ0) is 13.4. The number of hydrogen-bond donors (Lipinski definition) is 0. The minimum absolute atomic E-state index is 0.742. The fraction of sp³-hybridized carbons (Fsp3) is 0. The standard InChI is InChI=1S/C17H12N2O/c1-3-9-16-14(7-1)15-8-2-4-10-17(15)19(16)18-12-13-6-5-11-20-13/h1-12H/b18-12-. The van der Waals surface area contributed by atoms with Crippen molar-refractivity contribution >= 4 is 28.0 Å². The molecular weight excluding hydrogens is 248 g/mol. The van der Waals surface area contributed by atoms with Crippen LogP contribution >= 0.6 is 0 Å². The molecule has 0 saturated carbocycles. The summed E-state index contributed by atoms with van der Waals surface area (Å²) in [6.07, 6.45) is 3.38. The molecule has 0 fully saturated rings. The van der Waals surface area contributed by atoms with Crippen molar-refractivity contribution in [3.63, 3.8) is 0 Å². The molecule has 0 spiro atoms. The molecule has 0 aliphatic heterocycles. The Bertz CT molecular complexity index is 848. The van der Waals surface area contributed by atoms with Crippen LogP contribution in [0, 0.1) is 0 Å². The van der Waals surface area contributed by atoms with Crippen LogP contribution in [-0.2, 0) is 0 Å². The molecule has 0 atom stereocenters. The zero-order valence-electron chi connectivity index (χ0n) is 10.7. The van der Waals surface area contributed by atoms with E-state index in [1.807, 2.05) is 28.9 Å². The third-order valence-corrected chi connectivity index (χ3v) is 3.40. The summed E-state index contributed by atoms with van der Waals surface area (Å²) >= 11 is 0. The topological polar surface area (TPSA) is 30.4 Å². The Morgan fingerprint density at radius 3 is 2.05 bits per heavy atom. The van der Waals surface area contributed by atoms with Gasteiger partial charge in [-0.15, -0.1) is 0 Å². The van der Waals surface area contributed by atoms with Gasteiger partial charge in [-0.25, -0.2) is 4.68 Å². The van der Waals surface area contributed by atoms with Crippen molar-refractivity contribution in [1.82, 2.24) is 4.68 Å². The van der Waals surface area contributed by atoms with Gasteiger partial charge in [0.25, 0.3) is 0 Å². The molecule has 4 aromatic rings. The SMILES string of the molecule is C(=N/n1c2ccccc2c2ccccc21)/c1ccco1. The Balaban J connectivity index is 2.00. The highest BCUT2D eigenvalue weighted by Gasteiger charge is 2.08. The smallest absolute Gasteiger partial charge is 0.146 e. The Kier molecular flexibility index (Phi) is 2.42. The van der Waals surface area contributed by atoms with Crippen LogP contribution in [-0.4, -0.2) is 10.9 Å². The largest absolute Gasteiger partial charge is 0.463 e. The van der Waals surface area contributed by atoms with Crippen molar-refractivity contribution in [3.05, 3.63) is 72.7 Å². The molecule has 2 heterocycles. The highest BCUT2D eigenvalue weighted by Crippen LogP contribution is 2.28. The number of rotatable bonds is 2. The Morgan fingerprint density at radius 1 is 0.800 bits per heavy atom. The van der Waals surface area contributed by atoms with E-state index in [-0.39, 0.29) is 0 Å². The number of aromatic nitrogens is 1. The Morgan fingerprint density at radius 2 is 1.45 bits per heavy atom. The van der Waals surface area contributed by atoms with Gasteiger partial charge in [0.15, 0.2) is 0 Å². The number of fused-ring (bicyclic) bond motifs is 3. The summed E-state index contributed by atoms with van der Waals surface area (Å²) in [5, 5.41) is 6.98. The van der Waals surface area contributed by atoms with Crippen LogP contribution in [0.5, 0.6) is 0 Å². The summed E-state index contributed by atoms with van der Waals surface area (Å²) in [5.41, 5.74) is 2.19. The van der Waals surface area contributed by atoms with Crippen molar-refractivity contribution < 1.29 is 4.42 Å². The summed E-state index contributed by atoms with van der Waals surface area (Å²) in [6.45, 7) is 0. The van der Waals surface area contributed by atoms with Crippen LogP contribution in [0.4, 0.5) is 0 Å². The molecule has 0 bridgehead atoms. The lowest BCUT2D eigenvalue weighted by Crippen LogP contribution is -1.89. The van der Waals surface area contributed by atoms with Gasteiger partial charge in [-0.2, -0.15) is 5.10 Å². The van der Waals surface area contributed by atoms with Crippen molar-refractivity contribution in [2.24, 2.45) is 5.10 Å². The summed E-state index contributed by atoms with van der Waals surface area (Å²) in [7, 11) is 0. The first-order valence-electron chi connectivity index (χ1n) is 6.49. The number of para-hydroxylation sites is 2. The van der Waals surface area contributed by atoms with E-state index < -0.39 is 0 Å². The third kappa shape index (κ3) is 1.64. The number of furan rings is 1. The minimum Gasteiger partial charge on any atom is -0.463 e. The summed E-state index contributed by atoms with van der Waals surface area (Å²) in [5.74, 6) is 0.742. The molecule has 0 saturated heterocycles. The van der Waals surface area contributed by atoms with E-state index in [9.17, 15) is 0 Å². The minimum atomic E-state index is 0.742. The molecule has 0 radical (unpaired) electrons. The molecule has 0 amide bonds. The third-order valence-electron chi connectivity index (χ3n) is 3.40.